The topological polar surface area (TPSA) is 49.4 Å². The van der Waals surface area contributed by atoms with Gasteiger partial charge in [0.15, 0.2) is 5.78 Å². The van der Waals surface area contributed by atoms with E-state index in [4.69, 9.17) is 0 Å². The summed E-state index contributed by atoms with van der Waals surface area (Å²) in [5, 5.41) is 3.23. The van der Waals surface area contributed by atoms with Crippen LogP contribution in [0.4, 0.5) is 0 Å². The zero-order valence-electron chi connectivity index (χ0n) is 14.0. The van der Waals surface area contributed by atoms with Crippen LogP contribution in [0.25, 0.3) is 0 Å². The molecular weight excluding hydrogens is 300 g/mol. The summed E-state index contributed by atoms with van der Waals surface area (Å²) in [6, 6.07) is 8.44. The maximum atomic E-state index is 12.8. The summed E-state index contributed by atoms with van der Waals surface area (Å²) in [6.45, 7) is 1.42. The fourth-order valence-corrected chi connectivity index (χ4v) is 4.31. The van der Waals surface area contributed by atoms with Crippen LogP contribution < -0.4 is 5.32 Å². The van der Waals surface area contributed by atoms with Gasteiger partial charge in [-0.05, 0) is 30.4 Å². The second-order valence-electron chi connectivity index (χ2n) is 7.14. The van der Waals surface area contributed by atoms with Crippen molar-refractivity contribution >= 4 is 11.7 Å². The van der Waals surface area contributed by atoms with Crippen molar-refractivity contribution in [2.24, 2.45) is 5.92 Å². The molecule has 4 heteroatoms. The Morgan fingerprint density at radius 2 is 1.96 bits per heavy atom. The molecule has 0 bridgehead atoms. The highest BCUT2D eigenvalue weighted by Gasteiger charge is 2.36. The van der Waals surface area contributed by atoms with Gasteiger partial charge in [-0.2, -0.15) is 0 Å². The zero-order valence-corrected chi connectivity index (χ0v) is 14.0. The Bertz CT molecular complexity index is 689. The van der Waals surface area contributed by atoms with Crippen LogP contribution >= 0.6 is 0 Å². The molecule has 1 saturated heterocycles. The number of hydrogen-bond donors (Lipinski definition) is 1. The molecule has 1 aromatic carbocycles. The van der Waals surface area contributed by atoms with E-state index in [9.17, 15) is 9.59 Å². The van der Waals surface area contributed by atoms with Crippen LogP contribution in [0.5, 0.6) is 0 Å². The highest BCUT2D eigenvalue weighted by Crippen LogP contribution is 2.33. The van der Waals surface area contributed by atoms with Crippen LogP contribution in [0.15, 0.2) is 36.0 Å². The van der Waals surface area contributed by atoms with Gasteiger partial charge in [0.05, 0.1) is 6.04 Å². The summed E-state index contributed by atoms with van der Waals surface area (Å²) in [5.41, 5.74) is 3.06. The molecule has 2 aliphatic heterocycles. The number of carbonyl (C=O) groups is 2. The molecular formula is C20H24N2O2. The lowest BCUT2D eigenvalue weighted by Gasteiger charge is -2.41. The van der Waals surface area contributed by atoms with E-state index in [1.54, 1.807) is 6.08 Å². The normalized spacial score (nSPS) is 25.8. The van der Waals surface area contributed by atoms with E-state index in [2.05, 4.69) is 23.5 Å². The molecule has 1 saturated carbocycles. The van der Waals surface area contributed by atoms with Gasteiger partial charge in [0.1, 0.15) is 5.70 Å². The van der Waals surface area contributed by atoms with Gasteiger partial charge in [0.2, 0.25) is 0 Å². The van der Waals surface area contributed by atoms with Crippen LogP contribution in [-0.2, 0) is 16.0 Å². The van der Waals surface area contributed by atoms with E-state index in [0.29, 0.717) is 12.2 Å². The Hall–Kier alpha value is -2.10. The molecule has 1 aromatic rings. The monoisotopic (exact) mass is 324 g/mol. The van der Waals surface area contributed by atoms with E-state index < -0.39 is 0 Å². The highest BCUT2D eigenvalue weighted by molar-refractivity contribution is 6.02. The number of ketones is 1. The zero-order chi connectivity index (χ0) is 16.5. The van der Waals surface area contributed by atoms with Gasteiger partial charge in [-0.1, -0.05) is 43.5 Å². The number of piperazine rings is 1. The Morgan fingerprint density at radius 3 is 2.79 bits per heavy atom. The van der Waals surface area contributed by atoms with Gasteiger partial charge in [0.25, 0.3) is 5.91 Å². The lowest BCUT2D eigenvalue weighted by molar-refractivity contribution is -0.132. The molecule has 1 atom stereocenters. The number of carbonyl (C=O) groups excluding carboxylic acids is 2. The lowest BCUT2D eigenvalue weighted by Crippen LogP contribution is -2.51. The molecule has 24 heavy (non-hydrogen) atoms. The third kappa shape index (κ3) is 2.74. The molecule has 2 heterocycles. The van der Waals surface area contributed by atoms with Gasteiger partial charge in [-0.25, -0.2) is 0 Å². The predicted molar refractivity (Wildman–Crippen MR) is 92.3 cm³/mol. The minimum Gasteiger partial charge on any atom is -0.378 e. The number of fused-ring (bicyclic) bond motifs is 3. The van der Waals surface area contributed by atoms with Crippen LogP contribution in [-0.4, -0.2) is 29.7 Å². The third-order valence-corrected chi connectivity index (χ3v) is 5.68. The largest absolute Gasteiger partial charge is 0.378 e. The van der Waals surface area contributed by atoms with Crippen molar-refractivity contribution in [3.63, 3.8) is 0 Å². The van der Waals surface area contributed by atoms with Crippen LogP contribution in [0.1, 0.15) is 49.3 Å². The van der Waals surface area contributed by atoms with E-state index >= 15 is 0 Å². The number of benzene rings is 1. The van der Waals surface area contributed by atoms with E-state index in [1.165, 1.54) is 17.5 Å². The Morgan fingerprint density at radius 1 is 1.17 bits per heavy atom. The van der Waals surface area contributed by atoms with Gasteiger partial charge in [-0.3, -0.25) is 9.59 Å². The molecule has 0 radical (unpaired) electrons. The maximum Gasteiger partial charge on any atom is 0.270 e. The summed E-state index contributed by atoms with van der Waals surface area (Å²) in [6.07, 6.45) is 7.90. The molecule has 0 aromatic heterocycles. The predicted octanol–water partition coefficient (Wildman–Crippen LogP) is 2.75. The van der Waals surface area contributed by atoms with E-state index in [1.807, 2.05) is 11.0 Å². The fraction of sp³-hybridized carbons (Fsp3) is 0.500. The number of nitrogens with zero attached hydrogens (tertiary/aromatic N) is 1. The van der Waals surface area contributed by atoms with Crippen LogP contribution in [0.2, 0.25) is 0 Å². The molecule has 126 valence electrons. The smallest absolute Gasteiger partial charge is 0.270 e. The highest BCUT2D eigenvalue weighted by atomic mass is 16.2. The second-order valence-corrected chi connectivity index (χ2v) is 7.14. The SMILES string of the molecule is O=C(C=C1NCC2c3ccccc3CCN2C1=O)C1CCCCC1. The Balaban J connectivity index is 1.52. The molecule has 2 fully saturated rings. The van der Waals surface area contributed by atoms with E-state index in [-0.39, 0.29) is 23.7 Å². The molecule has 0 spiro atoms. The number of allylic oxidation sites excluding steroid dienone is 1. The first kappa shape index (κ1) is 15.4. The standard InChI is InChI=1S/C20H24N2O2/c23-19(15-7-2-1-3-8-15)12-17-20(24)22-11-10-14-6-4-5-9-16(14)18(22)13-21-17/h4-6,9,12,15,18,21H,1-3,7-8,10-11,13H2. The minimum absolute atomic E-state index is 0.0232. The first-order valence-corrected chi connectivity index (χ1v) is 9.12. The summed E-state index contributed by atoms with van der Waals surface area (Å²) < 4.78 is 0. The number of amides is 1. The van der Waals surface area contributed by atoms with Gasteiger partial charge in [-0.15, -0.1) is 0 Å². The fourth-order valence-electron chi connectivity index (χ4n) is 4.31. The van der Waals surface area contributed by atoms with E-state index in [0.717, 1.165) is 38.6 Å². The number of rotatable bonds is 2. The van der Waals surface area contributed by atoms with Gasteiger partial charge >= 0.3 is 0 Å². The lowest BCUT2D eigenvalue weighted by atomic mass is 9.85. The molecule has 1 unspecified atom stereocenters. The molecule has 3 aliphatic rings. The van der Waals surface area contributed by atoms with Gasteiger partial charge < -0.3 is 10.2 Å². The Kier molecular flexibility index (Phi) is 4.13. The van der Waals surface area contributed by atoms with Crippen molar-refractivity contribution in [2.45, 2.75) is 44.6 Å². The first-order valence-electron chi connectivity index (χ1n) is 9.12. The summed E-state index contributed by atoms with van der Waals surface area (Å²) in [4.78, 5) is 27.2. The van der Waals surface area contributed by atoms with Crippen LogP contribution in [0, 0.1) is 5.92 Å². The van der Waals surface area contributed by atoms with Crippen LogP contribution in [0.3, 0.4) is 0 Å². The molecule has 4 nitrogen and oxygen atoms in total. The maximum absolute atomic E-state index is 12.8. The van der Waals surface area contributed by atoms with Crippen molar-refractivity contribution in [2.75, 3.05) is 13.1 Å². The average molecular weight is 324 g/mol. The molecule has 4 rings (SSSR count). The first-order chi connectivity index (χ1) is 11.7. The van der Waals surface area contributed by atoms with Gasteiger partial charge in [0, 0.05) is 25.1 Å². The van der Waals surface area contributed by atoms with Crippen molar-refractivity contribution < 1.29 is 9.59 Å². The molecule has 1 aliphatic carbocycles. The molecule has 1 amide bonds. The summed E-state index contributed by atoms with van der Waals surface area (Å²) in [5.74, 6) is 0.215. The van der Waals surface area contributed by atoms with Crippen molar-refractivity contribution in [1.82, 2.24) is 10.2 Å². The number of nitrogens with one attached hydrogen (secondary N) is 1. The third-order valence-electron chi connectivity index (χ3n) is 5.68. The van der Waals surface area contributed by atoms with Crippen molar-refractivity contribution in [3.05, 3.63) is 47.2 Å². The van der Waals surface area contributed by atoms with Crippen molar-refractivity contribution in [3.8, 4) is 0 Å². The quantitative estimate of drug-likeness (QED) is 0.851. The number of hydrogen-bond acceptors (Lipinski definition) is 3. The molecule has 1 N–H and O–H groups in total. The summed E-state index contributed by atoms with van der Waals surface area (Å²) in [7, 11) is 0. The average Bonchev–Trinajstić information content (AvgIpc) is 2.64. The minimum atomic E-state index is -0.0232. The summed E-state index contributed by atoms with van der Waals surface area (Å²) >= 11 is 0. The Labute approximate surface area is 142 Å². The second kappa shape index (κ2) is 6.42. The van der Waals surface area contributed by atoms with Crippen molar-refractivity contribution in [1.29, 1.82) is 0 Å².